The predicted octanol–water partition coefficient (Wildman–Crippen LogP) is 4.54. The fourth-order valence-corrected chi connectivity index (χ4v) is 2.95. The van der Waals surface area contributed by atoms with Gasteiger partial charge in [0.2, 0.25) is 5.91 Å². The summed E-state index contributed by atoms with van der Waals surface area (Å²) in [6.45, 7) is 0. The van der Waals surface area contributed by atoms with Crippen molar-refractivity contribution in [2.24, 2.45) is 5.92 Å². The quantitative estimate of drug-likeness (QED) is 0.739. The molecule has 0 bridgehead atoms. The van der Waals surface area contributed by atoms with Crippen LogP contribution in [0.4, 0.5) is 5.69 Å². The summed E-state index contributed by atoms with van der Waals surface area (Å²) in [5.74, 6) is 0.613. The average Bonchev–Trinajstić information content (AvgIpc) is 3.38. The number of benzene rings is 2. The molecule has 1 unspecified atom stereocenters. The lowest BCUT2D eigenvalue weighted by Gasteiger charge is -2.19. The number of amides is 1. The molecule has 0 spiro atoms. The third-order valence-electron chi connectivity index (χ3n) is 4.32. The molecule has 0 heterocycles. The summed E-state index contributed by atoms with van der Waals surface area (Å²) in [4.78, 5) is 12.3. The molecule has 0 aliphatic heterocycles. The summed E-state index contributed by atoms with van der Waals surface area (Å²) < 4.78 is 0. The molecular formula is C19H22Cl2N2O. The van der Waals surface area contributed by atoms with E-state index in [1.54, 1.807) is 0 Å². The van der Waals surface area contributed by atoms with E-state index in [1.165, 1.54) is 12.8 Å². The Hall–Kier alpha value is -1.71. The second kappa shape index (κ2) is 8.41. The van der Waals surface area contributed by atoms with E-state index in [-0.39, 0.29) is 24.4 Å². The first-order valence-electron chi connectivity index (χ1n) is 8.01. The Morgan fingerprint density at radius 1 is 1.17 bits per heavy atom. The van der Waals surface area contributed by atoms with Crippen LogP contribution in [0.2, 0.25) is 5.02 Å². The molecule has 1 aliphatic carbocycles. The Labute approximate surface area is 154 Å². The lowest BCUT2D eigenvalue weighted by atomic mass is 10.0. The van der Waals surface area contributed by atoms with Crippen LogP contribution in [0.1, 0.15) is 36.4 Å². The van der Waals surface area contributed by atoms with E-state index in [2.05, 4.69) is 5.32 Å². The number of nitrogen functional groups attached to an aromatic ring is 1. The molecule has 3 N–H and O–H groups in total. The second-order valence-electron chi connectivity index (χ2n) is 6.13. The van der Waals surface area contributed by atoms with Crippen LogP contribution in [0.15, 0.2) is 48.5 Å². The highest BCUT2D eigenvalue weighted by Crippen LogP contribution is 2.41. The Balaban J connectivity index is 0.00000208. The lowest BCUT2D eigenvalue weighted by molar-refractivity contribution is -0.122. The third kappa shape index (κ3) is 4.89. The number of rotatable bonds is 6. The number of nitrogens with one attached hydrogen (secondary N) is 1. The normalized spacial score (nSPS) is 14.5. The van der Waals surface area contributed by atoms with Crippen LogP contribution >= 0.6 is 24.0 Å². The smallest absolute Gasteiger partial charge is 0.220 e. The van der Waals surface area contributed by atoms with Gasteiger partial charge in [-0.2, -0.15) is 0 Å². The van der Waals surface area contributed by atoms with Gasteiger partial charge in [-0.25, -0.2) is 0 Å². The molecular weight excluding hydrogens is 343 g/mol. The molecule has 3 nitrogen and oxygen atoms in total. The number of nitrogens with two attached hydrogens (primary N) is 1. The van der Waals surface area contributed by atoms with Crippen LogP contribution in [0, 0.1) is 5.92 Å². The van der Waals surface area contributed by atoms with Crippen molar-refractivity contribution in [1.82, 2.24) is 5.32 Å². The Morgan fingerprint density at radius 2 is 1.83 bits per heavy atom. The van der Waals surface area contributed by atoms with Gasteiger partial charge >= 0.3 is 0 Å². The number of hydrogen-bond acceptors (Lipinski definition) is 2. The van der Waals surface area contributed by atoms with Gasteiger partial charge < -0.3 is 11.1 Å². The van der Waals surface area contributed by atoms with Gasteiger partial charge in [0.05, 0.1) is 6.04 Å². The summed E-state index contributed by atoms with van der Waals surface area (Å²) in [7, 11) is 0. The summed E-state index contributed by atoms with van der Waals surface area (Å²) in [5.41, 5.74) is 8.83. The number of carbonyl (C=O) groups is 1. The largest absolute Gasteiger partial charge is 0.399 e. The molecule has 1 fully saturated rings. The SMILES string of the molecule is Cl.Nc1ccccc1CCC(=O)NC(c1ccc(Cl)cc1)C1CC1. The highest BCUT2D eigenvalue weighted by molar-refractivity contribution is 6.30. The zero-order valence-electron chi connectivity index (χ0n) is 13.4. The summed E-state index contributed by atoms with van der Waals surface area (Å²) >= 11 is 5.95. The zero-order chi connectivity index (χ0) is 16.2. The van der Waals surface area contributed by atoms with E-state index in [0.29, 0.717) is 23.8 Å². The van der Waals surface area contributed by atoms with Crippen molar-refractivity contribution in [2.45, 2.75) is 31.7 Å². The fourth-order valence-electron chi connectivity index (χ4n) is 2.83. The van der Waals surface area contributed by atoms with Crippen molar-refractivity contribution < 1.29 is 4.79 Å². The minimum absolute atomic E-state index is 0. The predicted molar refractivity (Wildman–Crippen MR) is 101 cm³/mol. The van der Waals surface area contributed by atoms with Crippen LogP contribution in [-0.2, 0) is 11.2 Å². The number of hydrogen-bond donors (Lipinski definition) is 2. The van der Waals surface area contributed by atoms with Crippen LogP contribution in [0.3, 0.4) is 0 Å². The van der Waals surface area contributed by atoms with E-state index in [1.807, 2.05) is 48.5 Å². The molecule has 0 saturated heterocycles. The van der Waals surface area contributed by atoms with Gasteiger partial charge in [-0.1, -0.05) is 41.9 Å². The molecule has 1 aliphatic rings. The first-order valence-corrected chi connectivity index (χ1v) is 8.39. The molecule has 128 valence electrons. The van der Waals surface area contributed by atoms with Crippen molar-refractivity contribution in [3.63, 3.8) is 0 Å². The lowest BCUT2D eigenvalue weighted by Crippen LogP contribution is -2.30. The summed E-state index contributed by atoms with van der Waals surface area (Å²) in [6, 6.07) is 15.5. The minimum Gasteiger partial charge on any atom is -0.399 e. The first-order chi connectivity index (χ1) is 11.1. The van der Waals surface area contributed by atoms with Gasteiger partial charge in [-0.05, 0) is 54.5 Å². The molecule has 24 heavy (non-hydrogen) atoms. The topological polar surface area (TPSA) is 55.1 Å². The maximum atomic E-state index is 12.3. The first kappa shape index (κ1) is 18.6. The van der Waals surface area contributed by atoms with E-state index in [9.17, 15) is 4.79 Å². The van der Waals surface area contributed by atoms with E-state index in [0.717, 1.165) is 16.8 Å². The Bertz CT molecular complexity index is 684. The molecule has 1 amide bonds. The monoisotopic (exact) mass is 364 g/mol. The van der Waals surface area contributed by atoms with Crippen molar-refractivity contribution in [1.29, 1.82) is 0 Å². The fraction of sp³-hybridized carbons (Fsp3) is 0.316. The van der Waals surface area contributed by atoms with Gasteiger partial charge in [-0.3, -0.25) is 4.79 Å². The number of halogens is 2. The highest BCUT2D eigenvalue weighted by atomic mass is 35.5. The van der Waals surface area contributed by atoms with Gasteiger partial charge in [-0.15, -0.1) is 12.4 Å². The van der Waals surface area contributed by atoms with Crippen LogP contribution in [0.25, 0.3) is 0 Å². The van der Waals surface area contributed by atoms with Gasteiger partial charge in [0.15, 0.2) is 0 Å². The van der Waals surface area contributed by atoms with E-state index < -0.39 is 0 Å². The highest BCUT2D eigenvalue weighted by Gasteiger charge is 2.33. The van der Waals surface area contributed by atoms with E-state index in [4.69, 9.17) is 17.3 Å². The van der Waals surface area contributed by atoms with E-state index >= 15 is 0 Å². The van der Waals surface area contributed by atoms with Gasteiger partial charge in [0, 0.05) is 17.1 Å². The van der Waals surface area contributed by atoms with Crippen LogP contribution in [-0.4, -0.2) is 5.91 Å². The molecule has 1 atom stereocenters. The number of anilines is 1. The maximum absolute atomic E-state index is 12.3. The Kier molecular flexibility index (Phi) is 6.52. The molecule has 0 aromatic heterocycles. The molecule has 2 aromatic rings. The molecule has 2 aromatic carbocycles. The minimum atomic E-state index is 0. The third-order valence-corrected chi connectivity index (χ3v) is 4.57. The van der Waals surface area contributed by atoms with Gasteiger partial charge in [0.1, 0.15) is 0 Å². The molecule has 3 rings (SSSR count). The summed E-state index contributed by atoms with van der Waals surface area (Å²) in [5, 5.41) is 3.90. The zero-order valence-corrected chi connectivity index (χ0v) is 14.9. The average molecular weight is 365 g/mol. The van der Waals surface area contributed by atoms with Crippen molar-refractivity contribution in [3.8, 4) is 0 Å². The number of para-hydroxylation sites is 1. The molecule has 5 heteroatoms. The van der Waals surface area contributed by atoms with Crippen molar-refractivity contribution in [2.75, 3.05) is 5.73 Å². The van der Waals surface area contributed by atoms with Crippen LogP contribution in [0.5, 0.6) is 0 Å². The molecule has 0 radical (unpaired) electrons. The number of aryl methyl sites for hydroxylation is 1. The molecule has 1 saturated carbocycles. The standard InChI is InChI=1S/C19H21ClN2O.ClH/c20-16-10-7-15(8-11-16)19(14-5-6-14)22-18(23)12-9-13-3-1-2-4-17(13)21;/h1-4,7-8,10-11,14,19H,5-6,9,12,21H2,(H,22,23);1H. The van der Waals surface area contributed by atoms with Crippen LogP contribution < -0.4 is 11.1 Å². The van der Waals surface area contributed by atoms with Gasteiger partial charge in [0.25, 0.3) is 0 Å². The number of carbonyl (C=O) groups excluding carboxylic acids is 1. The summed E-state index contributed by atoms with van der Waals surface area (Å²) in [6.07, 6.45) is 3.44. The Morgan fingerprint density at radius 3 is 2.46 bits per heavy atom. The maximum Gasteiger partial charge on any atom is 0.220 e. The van der Waals surface area contributed by atoms with Crippen molar-refractivity contribution >= 4 is 35.6 Å². The second-order valence-corrected chi connectivity index (χ2v) is 6.57. The van der Waals surface area contributed by atoms with Crippen molar-refractivity contribution in [3.05, 3.63) is 64.7 Å².